The summed E-state index contributed by atoms with van der Waals surface area (Å²) in [5.74, 6) is 0.677. The predicted molar refractivity (Wildman–Crippen MR) is 131 cm³/mol. The Balaban J connectivity index is 1.27. The van der Waals surface area contributed by atoms with Crippen molar-refractivity contribution in [1.29, 1.82) is 0 Å². The summed E-state index contributed by atoms with van der Waals surface area (Å²) in [6.45, 7) is -1.34. The van der Waals surface area contributed by atoms with Gasteiger partial charge in [-0.3, -0.25) is 0 Å². The van der Waals surface area contributed by atoms with Gasteiger partial charge in [-0.1, -0.05) is 18.2 Å². The van der Waals surface area contributed by atoms with Gasteiger partial charge in [-0.2, -0.15) is 8.78 Å². The number of anilines is 1. The summed E-state index contributed by atoms with van der Waals surface area (Å²) < 4.78 is 44.6. The first-order valence-corrected chi connectivity index (χ1v) is 12.4. The van der Waals surface area contributed by atoms with Gasteiger partial charge in [0.15, 0.2) is 0 Å². The van der Waals surface area contributed by atoms with E-state index in [1.807, 2.05) is 47.3 Å². The van der Waals surface area contributed by atoms with Crippen molar-refractivity contribution in [3.05, 3.63) is 71.9 Å². The van der Waals surface area contributed by atoms with Gasteiger partial charge in [-0.05, 0) is 31.0 Å². The number of hydrogen-bond donors (Lipinski definition) is 0. The van der Waals surface area contributed by atoms with E-state index in [1.54, 1.807) is 19.2 Å². The third-order valence-electron chi connectivity index (χ3n) is 7.69. The smallest absolute Gasteiger partial charge is 0.387 e. The van der Waals surface area contributed by atoms with Crippen LogP contribution in [0.5, 0.6) is 5.75 Å². The third kappa shape index (κ3) is 3.74. The topological polar surface area (TPSA) is 74.0 Å². The Hall–Kier alpha value is -3.63. The Morgan fingerprint density at radius 1 is 1.05 bits per heavy atom. The van der Waals surface area contributed by atoms with Crippen LogP contribution >= 0.6 is 0 Å². The monoisotopic (exact) mass is 505 g/mol. The Labute approximate surface area is 211 Å². The number of rotatable bonds is 6. The molecule has 2 bridgehead atoms. The molecule has 7 rings (SSSR count). The molecule has 0 unspecified atom stereocenters. The number of fused-ring (bicyclic) bond motifs is 5. The molecule has 0 N–H and O–H groups in total. The van der Waals surface area contributed by atoms with E-state index in [4.69, 9.17) is 19.2 Å². The highest BCUT2D eigenvalue weighted by atomic mass is 19.3. The van der Waals surface area contributed by atoms with Crippen molar-refractivity contribution in [2.45, 2.75) is 43.6 Å². The van der Waals surface area contributed by atoms with Crippen LogP contribution in [0, 0.1) is 0 Å². The Kier molecular flexibility index (Phi) is 5.33. The standard InChI is InChI=1S/C27H25F2N5O3/c1-35-22-9-20(19-4-2-3-5-21(19)37-26(28)29)25-24(22)32-23-7-6-15(12-34(23)25)16-10-30-27(31-11-16)33-13-18-8-17(33)14-36-18/h2-7,10-12,17-18,20,22,26H,8-9,13-14H2,1H3/t17-,18-,20+,22+/m0/s1. The lowest BCUT2D eigenvalue weighted by molar-refractivity contribution is -0.0506. The molecule has 190 valence electrons. The highest BCUT2D eigenvalue weighted by molar-refractivity contribution is 5.65. The summed E-state index contributed by atoms with van der Waals surface area (Å²) in [6.07, 6.45) is 7.34. The number of methoxy groups -OCH3 is 1. The molecule has 2 saturated heterocycles. The molecule has 3 aromatic heterocycles. The molecular weight excluding hydrogens is 480 g/mol. The molecule has 5 heterocycles. The van der Waals surface area contributed by atoms with Crippen LogP contribution in [0.1, 0.15) is 41.8 Å². The van der Waals surface area contributed by atoms with Gasteiger partial charge >= 0.3 is 6.61 Å². The van der Waals surface area contributed by atoms with E-state index < -0.39 is 6.61 Å². The van der Waals surface area contributed by atoms with Gasteiger partial charge in [0.1, 0.15) is 17.5 Å². The van der Waals surface area contributed by atoms with E-state index in [-0.39, 0.29) is 23.9 Å². The van der Waals surface area contributed by atoms with Crippen LogP contribution in [0.3, 0.4) is 0 Å². The second-order valence-corrected chi connectivity index (χ2v) is 9.73. The molecule has 4 atom stereocenters. The molecule has 1 aliphatic carbocycles. The summed E-state index contributed by atoms with van der Waals surface area (Å²) in [5, 5.41) is 0. The van der Waals surface area contributed by atoms with Crippen molar-refractivity contribution in [3.63, 3.8) is 0 Å². The van der Waals surface area contributed by atoms with Crippen LogP contribution in [0.15, 0.2) is 55.0 Å². The number of morpholine rings is 1. The zero-order chi connectivity index (χ0) is 25.1. The highest BCUT2D eigenvalue weighted by Gasteiger charge is 2.40. The van der Waals surface area contributed by atoms with Gasteiger partial charge in [-0.15, -0.1) is 0 Å². The molecule has 0 amide bonds. The fraction of sp³-hybridized carbons (Fsp3) is 0.370. The normalized spacial score (nSPS) is 24.4. The number of nitrogens with zero attached hydrogens (tertiary/aromatic N) is 5. The maximum Gasteiger partial charge on any atom is 0.387 e. The summed E-state index contributed by atoms with van der Waals surface area (Å²) in [4.78, 5) is 16.4. The lowest BCUT2D eigenvalue weighted by Gasteiger charge is -2.26. The molecule has 10 heteroatoms. The van der Waals surface area contributed by atoms with Gasteiger partial charge in [0.25, 0.3) is 0 Å². The van der Waals surface area contributed by atoms with E-state index in [0.29, 0.717) is 18.0 Å². The summed E-state index contributed by atoms with van der Waals surface area (Å²) >= 11 is 0. The molecular formula is C27H25F2N5O3. The fourth-order valence-electron chi connectivity index (χ4n) is 5.99. The van der Waals surface area contributed by atoms with Crippen LogP contribution in [-0.2, 0) is 9.47 Å². The first kappa shape index (κ1) is 22.6. The highest BCUT2D eigenvalue weighted by Crippen LogP contribution is 2.48. The van der Waals surface area contributed by atoms with E-state index in [0.717, 1.165) is 53.7 Å². The van der Waals surface area contributed by atoms with E-state index in [9.17, 15) is 8.78 Å². The fourth-order valence-corrected chi connectivity index (χ4v) is 5.99. The average Bonchev–Trinajstić information content (AvgIpc) is 3.69. The molecule has 2 aliphatic heterocycles. The van der Waals surface area contributed by atoms with Crippen molar-refractivity contribution < 1.29 is 23.0 Å². The van der Waals surface area contributed by atoms with Crippen molar-refractivity contribution in [1.82, 2.24) is 19.4 Å². The Morgan fingerprint density at radius 2 is 1.89 bits per heavy atom. The molecule has 0 radical (unpaired) electrons. The zero-order valence-electron chi connectivity index (χ0n) is 20.1. The molecule has 8 nitrogen and oxygen atoms in total. The molecule has 2 fully saturated rings. The first-order valence-electron chi connectivity index (χ1n) is 12.4. The number of imidazole rings is 1. The summed E-state index contributed by atoms with van der Waals surface area (Å²) in [5.41, 5.74) is 5.00. The number of para-hydroxylation sites is 1. The number of benzene rings is 1. The predicted octanol–water partition coefficient (Wildman–Crippen LogP) is 4.59. The van der Waals surface area contributed by atoms with E-state index in [2.05, 4.69) is 14.9 Å². The minimum absolute atomic E-state index is 0.168. The van der Waals surface area contributed by atoms with E-state index in [1.165, 1.54) is 0 Å². The minimum atomic E-state index is -2.90. The van der Waals surface area contributed by atoms with Gasteiger partial charge in [-0.25, -0.2) is 15.0 Å². The van der Waals surface area contributed by atoms with Crippen LogP contribution < -0.4 is 9.64 Å². The summed E-state index contributed by atoms with van der Waals surface area (Å²) in [6, 6.07) is 11.2. The number of pyridine rings is 1. The molecule has 0 spiro atoms. The Morgan fingerprint density at radius 3 is 2.62 bits per heavy atom. The lowest BCUT2D eigenvalue weighted by atomic mass is 9.95. The lowest BCUT2D eigenvalue weighted by Crippen LogP contribution is -2.38. The Bertz CT molecular complexity index is 1460. The van der Waals surface area contributed by atoms with Gasteiger partial charge in [0.05, 0.1) is 30.1 Å². The van der Waals surface area contributed by atoms with Gasteiger partial charge in [0, 0.05) is 54.9 Å². The van der Waals surface area contributed by atoms with E-state index >= 15 is 0 Å². The van der Waals surface area contributed by atoms with Crippen molar-refractivity contribution >= 4 is 11.6 Å². The maximum absolute atomic E-state index is 13.1. The molecule has 1 aromatic carbocycles. The largest absolute Gasteiger partial charge is 0.435 e. The molecule has 3 aliphatic rings. The van der Waals surface area contributed by atoms with Gasteiger partial charge in [0.2, 0.25) is 5.95 Å². The summed E-state index contributed by atoms with van der Waals surface area (Å²) in [7, 11) is 1.64. The zero-order valence-corrected chi connectivity index (χ0v) is 20.1. The number of alkyl halides is 2. The van der Waals surface area contributed by atoms with Crippen LogP contribution in [-0.4, -0.2) is 58.4 Å². The van der Waals surface area contributed by atoms with Gasteiger partial charge < -0.3 is 23.5 Å². The molecule has 0 saturated carbocycles. The van der Waals surface area contributed by atoms with Crippen LogP contribution in [0.2, 0.25) is 0 Å². The number of aromatic nitrogens is 4. The number of halogens is 2. The second kappa shape index (κ2) is 8.74. The van der Waals surface area contributed by atoms with Crippen LogP contribution in [0.25, 0.3) is 16.8 Å². The van der Waals surface area contributed by atoms with Crippen LogP contribution in [0.4, 0.5) is 14.7 Å². The van der Waals surface area contributed by atoms with Crippen molar-refractivity contribution in [3.8, 4) is 16.9 Å². The SMILES string of the molecule is CO[C@@H]1C[C@H](c2ccccc2OC(F)F)c2c1nc1ccc(-c3cnc(N4C[C@@H]5C[C@H]4CO5)nc3)cn21. The molecule has 37 heavy (non-hydrogen) atoms. The molecule has 4 aromatic rings. The second-order valence-electron chi connectivity index (χ2n) is 9.73. The number of ether oxygens (including phenoxy) is 3. The van der Waals surface area contributed by atoms with Crippen molar-refractivity contribution in [2.24, 2.45) is 0 Å². The first-order chi connectivity index (χ1) is 18.1. The average molecular weight is 506 g/mol. The minimum Gasteiger partial charge on any atom is -0.435 e. The quantitative estimate of drug-likeness (QED) is 0.379. The van der Waals surface area contributed by atoms with Crippen molar-refractivity contribution in [2.75, 3.05) is 25.2 Å². The number of hydrogen-bond acceptors (Lipinski definition) is 7. The third-order valence-corrected chi connectivity index (χ3v) is 7.69. The maximum atomic E-state index is 13.1.